The van der Waals surface area contributed by atoms with E-state index in [1.165, 1.54) is 6.42 Å². The van der Waals surface area contributed by atoms with Gasteiger partial charge in [-0.3, -0.25) is 0 Å². The number of aryl methyl sites for hydroxylation is 1. The average molecular weight is 235 g/mol. The zero-order chi connectivity index (χ0) is 12.4. The van der Waals surface area contributed by atoms with Crippen LogP contribution in [0.2, 0.25) is 0 Å². The molecule has 1 aliphatic rings. The van der Waals surface area contributed by atoms with Crippen molar-refractivity contribution >= 4 is 11.5 Å². The summed E-state index contributed by atoms with van der Waals surface area (Å²) >= 11 is 0. The van der Waals surface area contributed by atoms with E-state index in [0.717, 1.165) is 30.8 Å². The molecule has 1 fully saturated rings. The highest BCUT2D eigenvalue weighted by Gasteiger charge is 2.27. The number of pyridine rings is 1. The second-order valence-electron chi connectivity index (χ2n) is 4.98. The molecule has 2 atom stereocenters. The maximum atomic E-state index is 9.52. The number of hydrogen-bond donors (Lipinski definition) is 2. The van der Waals surface area contributed by atoms with Crippen molar-refractivity contribution in [1.29, 1.82) is 0 Å². The van der Waals surface area contributed by atoms with Gasteiger partial charge in [-0.25, -0.2) is 4.98 Å². The van der Waals surface area contributed by atoms with Gasteiger partial charge in [-0.1, -0.05) is 0 Å². The second-order valence-corrected chi connectivity index (χ2v) is 4.98. The summed E-state index contributed by atoms with van der Waals surface area (Å²) in [7, 11) is 0. The summed E-state index contributed by atoms with van der Waals surface area (Å²) in [4.78, 5) is 6.74. The fourth-order valence-corrected chi connectivity index (χ4v) is 2.64. The molecule has 0 bridgehead atoms. The predicted octanol–water partition coefficient (Wildman–Crippen LogP) is 1.71. The molecule has 1 saturated heterocycles. The first-order chi connectivity index (χ1) is 8.08. The lowest BCUT2D eigenvalue weighted by Gasteiger charge is -2.28. The molecule has 2 rings (SSSR count). The summed E-state index contributed by atoms with van der Waals surface area (Å²) in [5.74, 6) is 1.02. The van der Waals surface area contributed by atoms with Gasteiger partial charge in [-0.2, -0.15) is 0 Å². The van der Waals surface area contributed by atoms with Crippen LogP contribution in [-0.2, 0) is 0 Å². The van der Waals surface area contributed by atoms with Crippen molar-refractivity contribution in [3.05, 3.63) is 17.8 Å². The van der Waals surface area contributed by atoms with Gasteiger partial charge in [0, 0.05) is 12.6 Å². The van der Waals surface area contributed by atoms with Crippen LogP contribution in [0.25, 0.3) is 0 Å². The van der Waals surface area contributed by atoms with E-state index < -0.39 is 0 Å². The van der Waals surface area contributed by atoms with Crippen LogP contribution in [0.1, 0.15) is 31.7 Å². The van der Waals surface area contributed by atoms with Crippen molar-refractivity contribution in [1.82, 2.24) is 4.98 Å². The normalized spacial score (nSPS) is 21.8. The lowest BCUT2D eigenvalue weighted by atomic mass is 10.1. The molecule has 3 N–H and O–H groups in total. The van der Waals surface area contributed by atoms with Crippen molar-refractivity contribution in [2.45, 2.75) is 45.3 Å². The maximum Gasteiger partial charge on any atom is 0.131 e. The van der Waals surface area contributed by atoms with Gasteiger partial charge in [0.2, 0.25) is 0 Å². The summed E-state index contributed by atoms with van der Waals surface area (Å²) in [5.41, 5.74) is 7.54. The van der Waals surface area contributed by atoms with Gasteiger partial charge in [0.25, 0.3) is 0 Å². The third-order valence-electron chi connectivity index (χ3n) is 3.33. The molecule has 17 heavy (non-hydrogen) atoms. The van der Waals surface area contributed by atoms with E-state index >= 15 is 0 Å². The molecular weight excluding hydrogens is 214 g/mol. The van der Waals surface area contributed by atoms with Crippen LogP contribution < -0.4 is 10.6 Å². The molecule has 0 aromatic carbocycles. The predicted molar refractivity (Wildman–Crippen MR) is 70.1 cm³/mol. The number of rotatable bonds is 3. The van der Waals surface area contributed by atoms with Crippen LogP contribution in [0.3, 0.4) is 0 Å². The van der Waals surface area contributed by atoms with E-state index in [0.29, 0.717) is 11.7 Å². The molecule has 0 spiro atoms. The van der Waals surface area contributed by atoms with E-state index in [2.05, 4.69) is 9.88 Å². The zero-order valence-corrected chi connectivity index (χ0v) is 10.6. The highest BCUT2D eigenvalue weighted by molar-refractivity contribution is 5.53. The summed E-state index contributed by atoms with van der Waals surface area (Å²) in [6.07, 6.45) is 4.57. The van der Waals surface area contributed by atoms with Gasteiger partial charge < -0.3 is 15.7 Å². The quantitative estimate of drug-likeness (QED) is 0.837. The minimum absolute atomic E-state index is 0.255. The largest absolute Gasteiger partial charge is 0.397 e. The van der Waals surface area contributed by atoms with E-state index in [1.54, 1.807) is 6.20 Å². The smallest absolute Gasteiger partial charge is 0.131 e. The third-order valence-corrected chi connectivity index (χ3v) is 3.33. The lowest BCUT2D eigenvalue weighted by molar-refractivity contribution is 0.175. The Morgan fingerprint density at radius 3 is 3.06 bits per heavy atom. The van der Waals surface area contributed by atoms with Gasteiger partial charge in [0.15, 0.2) is 0 Å². The summed E-state index contributed by atoms with van der Waals surface area (Å²) < 4.78 is 0. The minimum atomic E-state index is -0.255. The molecule has 4 nitrogen and oxygen atoms in total. The van der Waals surface area contributed by atoms with E-state index in [4.69, 9.17) is 5.73 Å². The number of nitrogens with two attached hydrogens (primary N) is 1. The van der Waals surface area contributed by atoms with E-state index in [-0.39, 0.29) is 6.10 Å². The Labute approximate surface area is 102 Å². The topological polar surface area (TPSA) is 62.4 Å². The summed E-state index contributed by atoms with van der Waals surface area (Å²) in [6.45, 7) is 4.91. The van der Waals surface area contributed by atoms with E-state index in [1.807, 2.05) is 19.9 Å². The number of hydrogen-bond acceptors (Lipinski definition) is 4. The summed E-state index contributed by atoms with van der Waals surface area (Å²) in [6, 6.07) is 2.37. The van der Waals surface area contributed by atoms with Crippen LogP contribution in [0, 0.1) is 6.92 Å². The molecule has 0 aliphatic carbocycles. The molecule has 0 radical (unpaired) electrons. The van der Waals surface area contributed by atoms with Crippen LogP contribution in [0.4, 0.5) is 11.5 Å². The van der Waals surface area contributed by atoms with Crippen molar-refractivity contribution in [2.75, 3.05) is 17.2 Å². The first-order valence-corrected chi connectivity index (χ1v) is 6.24. The Hall–Kier alpha value is -1.29. The van der Waals surface area contributed by atoms with Crippen LogP contribution in [-0.4, -0.2) is 28.8 Å². The van der Waals surface area contributed by atoms with Gasteiger partial charge in [0.05, 0.1) is 18.0 Å². The number of aliphatic hydroxyl groups excluding tert-OH is 1. The first kappa shape index (κ1) is 12.2. The Balaban J connectivity index is 2.20. The molecule has 2 heterocycles. The van der Waals surface area contributed by atoms with Crippen LogP contribution in [0.5, 0.6) is 0 Å². The minimum Gasteiger partial charge on any atom is -0.397 e. The van der Waals surface area contributed by atoms with Crippen LogP contribution in [0.15, 0.2) is 12.3 Å². The highest BCUT2D eigenvalue weighted by Crippen LogP contribution is 2.29. The van der Waals surface area contributed by atoms with Crippen LogP contribution >= 0.6 is 0 Å². The van der Waals surface area contributed by atoms with Crippen molar-refractivity contribution in [3.63, 3.8) is 0 Å². The lowest BCUT2D eigenvalue weighted by Crippen LogP contribution is -2.33. The molecule has 2 unspecified atom stereocenters. The monoisotopic (exact) mass is 235 g/mol. The van der Waals surface area contributed by atoms with Gasteiger partial charge in [-0.15, -0.1) is 0 Å². The maximum absolute atomic E-state index is 9.52. The second kappa shape index (κ2) is 4.92. The number of aliphatic hydroxyl groups is 1. The molecule has 0 saturated carbocycles. The number of nitrogen functional groups attached to an aromatic ring is 1. The van der Waals surface area contributed by atoms with Gasteiger partial charge >= 0.3 is 0 Å². The molecule has 1 aliphatic heterocycles. The Morgan fingerprint density at radius 1 is 1.65 bits per heavy atom. The van der Waals surface area contributed by atoms with Crippen molar-refractivity contribution in [3.8, 4) is 0 Å². The van der Waals surface area contributed by atoms with E-state index in [9.17, 15) is 5.11 Å². The Bertz CT molecular complexity index is 392. The third kappa shape index (κ3) is 2.69. The fraction of sp³-hybridized carbons (Fsp3) is 0.615. The molecule has 94 valence electrons. The molecular formula is C13H21N3O. The molecule has 0 amide bonds. The average Bonchev–Trinajstić information content (AvgIpc) is 2.65. The number of nitrogens with zero attached hydrogens (tertiary/aromatic N) is 2. The number of aromatic nitrogens is 1. The van der Waals surface area contributed by atoms with Crippen molar-refractivity contribution in [2.24, 2.45) is 0 Å². The molecule has 1 aromatic heterocycles. The fourth-order valence-electron chi connectivity index (χ4n) is 2.64. The molecule has 4 heteroatoms. The Morgan fingerprint density at radius 2 is 2.41 bits per heavy atom. The highest BCUT2D eigenvalue weighted by atomic mass is 16.3. The zero-order valence-electron chi connectivity index (χ0n) is 10.6. The van der Waals surface area contributed by atoms with Gasteiger partial charge in [-0.05, 0) is 44.7 Å². The number of anilines is 2. The Kier molecular flexibility index (Phi) is 3.52. The molecule has 1 aromatic rings. The van der Waals surface area contributed by atoms with Gasteiger partial charge in [0.1, 0.15) is 5.82 Å². The summed E-state index contributed by atoms with van der Waals surface area (Å²) in [5, 5.41) is 9.52. The standard InChI is InChI=1S/C13H21N3O/c1-9-6-11(14)8-15-13(9)16-5-3-4-12(16)7-10(2)17/h6,8,10,12,17H,3-5,7,14H2,1-2H3. The SMILES string of the molecule is Cc1cc(N)cnc1N1CCCC1CC(C)O. The van der Waals surface area contributed by atoms with Crippen molar-refractivity contribution < 1.29 is 5.11 Å². The first-order valence-electron chi connectivity index (χ1n) is 6.24.